The summed E-state index contributed by atoms with van der Waals surface area (Å²) >= 11 is 0. The first-order valence-electron chi connectivity index (χ1n) is 11.4. The van der Waals surface area contributed by atoms with Gasteiger partial charge >= 0.3 is 0 Å². The van der Waals surface area contributed by atoms with E-state index < -0.39 is 6.04 Å². The molecular weight excluding hydrogens is 394 g/mol. The van der Waals surface area contributed by atoms with Crippen LogP contribution in [-0.2, 0) is 22.7 Å². The van der Waals surface area contributed by atoms with E-state index in [-0.39, 0.29) is 24.1 Å². The normalized spacial score (nSPS) is 26.2. The van der Waals surface area contributed by atoms with Gasteiger partial charge in [0.2, 0.25) is 11.8 Å². The average Bonchev–Trinajstić information content (AvgIpc) is 3.06. The molecule has 1 unspecified atom stereocenters. The SMILES string of the molecule is NC1CN(CC2CCN(Cc3cccc4c3C(=O)N(C3CCC(=O)NC3=O)C4)CC2)C1. The highest BCUT2D eigenvalue weighted by Gasteiger charge is 2.40. The second-order valence-electron chi connectivity index (χ2n) is 9.55. The largest absolute Gasteiger partial charge is 0.325 e. The Balaban J connectivity index is 1.21. The van der Waals surface area contributed by atoms with E-state index >= 15 is 0 Å². The minimum Gasteiger partial charge on any atom is -0.325 e. The third-order valence-electron chi connectivity index (χ3n) is 7.24. The number of rotatable bonds is 5. The highest BCUT2D eigenvalue weighted by molar-refractivity contribution is 6.05. The van der Waals surface area contributed by atoms with Crippen molar-refractivity contribution in [1.82, 2.24) is 20.0 Å². The van der Waals surface area contributed by atoms with E-state index in [9.17, 15) is 14.4 Å². The van der Waals surface area contributed by atoms with Crippen LogP contribution in [0, 0.1) is 5.92 Å². The van der Waals surface area contributed by atoms with Crippen LogP contribution in [0.1, 0.15) is 47.2 Å². The molecule has 1 aromatic carbocycles. The fourth-order valence-corrected chi connectivity index (χ4v) is 5.51. The molecule has 31 heavy (non-hydrogen) atoms. The Bertz CT molecular complexity index is 889. The van der Waals surface area contributed by atoms with Gasteiger partial charge in [-0.15, -0.1) is 0 Å². The van der Waals surface area contributed by atoms with Gasteiger partial charge in [-0.1, -0.05) is 18.2 Å². The monoisotopic (exact) mass is 425 g/mol. The predicted octanol–water partition coefficient (Wildman–Crippen LogP) is 0.303. The minimum absolute atomic E-state index is 0.0795. The Labute approximate surface area is 182 Å². The first-order chi connectivity index (χ1) is 15.0. The summed E-state index contributed by atoms with van der Waals surface area (Å²) in [4.78, 5) is 43.6. The molecule has 8 nitrogen and oxygen atoms in total. The van der Waals surface area contributed by atoms with Crippen LogP contribution in [0.3, 0.4) is 0 Å². The third-order valence-corrected chi connectivity index (χ3v) is 7.24. The first-order valence-corrected chi connectivity index (χ1v) is 11.4. The van der Waals surface area contributed by atoms with Crippen LogP contribution in [0.15, 0.2) is 18.2 Å². The number of likely N-dealkylation sites (tertiary alicyclic amines) is 2. The molecular formula is C23H31N5O3. The number of piperidine rings is 2. The van der Waals surface area contributed by atoms with Gasteiger partial charge in [0.05, 0.1) is 0 Å². The van der Waals surface area contributed by atoms with E-state index in [1.807, 2.05) is 18.2 Å². The molecule has 0 bridgehead atoms. The molecule has 4 aliphatic heterocycles. The maximum Gasteiger partial charge on any atom is 0.255 e. The van der Waals surface area contributed by atoms with Crippen LogP contribution in [0.4, 0.5) is 0 Å². The van der Waals surface area contributed by atoms with Crippen molar-refractivity contribution in [3.8, 4) is 0 Å². The standard InChI is InChI=1S/C23H31N5O3/c24-18-13-27(14-18)10-15-6-8-26(9-7-15)11-16-2-1-3-17-12-28(23(31)21(16)17)19-4-5-20(29)25-22(19)30/h1-3,15,18-19H,4-14,24H2,(H,25,29,30). The number of hydrogen-bond donors (Lipinski definition) is 2. The van der Waals surface area contributed by atoms with Crippen LogP contribution in [0.25, 0.3) is 0 Å². The molecule has 0 aliphatic carbocycles. The van der Waals surface area contributed by atoms with Gasteiger partial charge in [0.1, 0.15) is 6.04 Å². The second kappa shape index (κ2) is 8.33. The number of nitrogens with zero attached hydrogens (tertiary/aromatic N) is 3. The summed E-state index contributed by atoms with van der Waals surface area (Å²) in [6.45, 7) is 6.50. The second-order valence-corrected chi connectivity index (χ2v) is 9.55. The molecule has 5 rings (SSSR count). The molecule has 166 valence electrons. The lowest BCUT2D eigenvalue weighted by atomic mass is 9.93. The Kier molecular flexibility index (Phi) is 5.54. The van der Waals surface area contributed by atoms with Crippen LogP contribution >= 0.6 is 0 Å². The Morgan fingerprint density at radius 3 is 2.52 bits per heavy atom. The van der Waals surface area contributed by atoms with Crippen LogP contribution in [0.2, 0.25) is 0 Å². The van der Waals surface area contributed by atoms with Gasteiger partial charge in [0.25, 0.3) is 5.91 Å². The van der Waals surface area contributed by atoms with Crippen molar-refractivity contribution in [1.29, 1.82) is 0 Å². The van der Waals surface area contributed by atoms with Gasteiger partial charge in [-0.05, 0) is 49.4 Å². The van der Waals surface area contributed by atoms with Crippen LogP contribution in [-0.4, -0.2) is 77.2 Å². The Hall–Kier alpha value is -2.29. The number of benzene rings is 1. The summed E-state index contributed by atoms with van der Waals surface area (Å²) in [5.74, 6) is 0.0367. The molecule has 4 aliphatic rings. The highest BCUT2D eigenvalue weighted by Crippen LogP contribution is 2.31. The zero-order chi connectivity index (χ0) is 21.5. The summed E-state index contributed by atoms with van der Waals surface area (Å²) in [5, 5.41) is 2.37. The smallest absolute Gasteiger partial charge is 0.255 e. The van der Waals surface area contributed by atoms with Crippen molar-refractivity contribution >= 4 is 17.7 Å². The lowest BCUT2D eigenvalue weighted by Crippen LogP contribution is -2.57. The van der Waals surface area contributed by atoms with Crippen molar-refractivity contribution < 1.29 is 14.4 Å². The molecule has 0 spiro atoms. The summed E-state index contributed by atoms with van der Waals surface area (Å²) in [6, 6.07) is 5.83. The van der Waals surface area contributed by atoms with E-state index in [0.717, 1.165) is 61.9 Å². The lowest BCUT2D eigenvalue weighted by molar-refractivity contribution is -0.136. The van der Waals surface area contributed by atoms with Gasteiger partial charge in [0.15, 0.2) is 0 Å². The summed E-state index contributed by atoms with van der Waals surface area (Å²) < 4.78 is 0. The van der Waals surface area contributed by atoms with Gasteiger partial charge in [-0.25, -0.2) is 0 Å². The van der Waals surface area contributed by atoms with Gasteiger partial charge in [-0.2, -0.15) is 0 Å². The number of amides is 3. The summed E-state index contributed by atoms with van der Waals surface area (Å²) in [7, 11) is 0. The van der Waals surface area contributed by atoms with Crippen molar-refractivity contribution in [2.24, 2.45) is 11.7 Å². The Morgan fingerprint density at radius 1 is 1.03 bits per heavy atom. The molecule has 4 heterocycles. The third kappa shape index (κ3) is 4.12. The number of carbonyl (C=O) groups is 3. The molecule has 0 saturated carbocycles. The van der Waals surface area contributed by atoms with Gasteiger partial charge in [-0.3, -0.25) is 29.5 Å². The van der Waals surface area contributed by atoms with E-state index in [2.05, 4.69) is 15.1 Å². The maximum atomic E-state index is 13.3. The number of hydrogen-bond acceptors (Lipinski definition) is 6. The van der Waals surface area contributed by atoms with E-state index in [0.29, 0.717) is 19.0 Å². The molecule has 3 saturated heterocycles. The van der Waals surface area contributed by atoms with Crippen molar-refractivity contribution in [3.05, 3.63) is 34.9 Å². The molecule has 8 heteroatoms. The molecule has 0 radical (unpaired) electrons. The molecule has 3 fully saturated rings. The molecule has 3 amide bonds. The van der Waals surface area contributed by atoms with Gasteiger partial charge < -0.3 is 10.6 Å². The zero-order valence-electron chi connectivity index (χ0n) is 17.9. The maximum absolute atomic E-state index is 13.3. The lowest BCUT2D eigenvalue weighted by Gasteiger charge is -2.41. The predicted molar refractivity (Wildman–Crippen MR) is 115 cm³/mol. The number of nitrogens with two attached hydrogens (primary N) is 1. The Morgan fingerprint density at radius 2 is 1.81 bits per heavy atom. The molecule has 0 aromatic heterocycles. The van der Waals surface area contributed by atoms with E-state index in [4.69, 9.17) is 5.73 Å². The number of carbonyl (C=O) groups excluding carboxylic acids is 3. The van der Waals surface area contributed by atoms with Gasteiger partial charge in [0, 0.05) is 50.7 Å². The van der Waals surface area contributed by atoms with Crippen molar-refractivity contribution in [2.75, 3.05) is 32.7 Å². The highest BCUT2D eigenvalue weighted by atomic mass is 16.2. The molecule has 1 atom stereocenters. The minimum atomic E-state index is -0.559. The zero-order valence-corrected chi connectivity index (χ0v) is 17.9. The molecule has 1 aromatic rings. The van der Waals surface area contributed by atoms with Crippen LogP contribution < -0.4 is 11.1 Å². The fraction of sp³-hybridized carbons (Fsp3) is 0.609. The van der Waals surface area contributed by atoms with Crippen molar-refractivity contribution in [2.45, 2.75) is 50.9 Å². The van der Waals surface area contributed by atoms with Crippen molar-refractivity contribution in [3.63, 3.8) is 0 Å². The topological polar surface area (TPSA) is 99.0 Å². The summed E-state index contributed by atoms with van der Waals surface area (Å²) in [5.41, 5.74) is 8.67. The number of fused-ring (bicyclic) bond motifs is 1. The van der Waals surface area contributed by atoms with E-state index in [1.54, 1.807) is 4.90 Å². The molecule has 3 N–H and O–H groups in total. The first kappa shape index (κ1) is 20.6. The summed E-state index contributed by atoms with van der Waals surface area (Å²) in [6.07, 6.45) is 3.03. The number of imide groups is 1. The van der Waals surface area contributed by atoms with E-state index in [1.165, 1.54) is 12.8 Å². The fourth-order valence-electron chi connectivity index (χ4n) is 5.51. The van der Waals surface area contributed by atoms with Crippen LogP contribution in [0.5, 0.6) is 0 Å². The number of nitrogens with one attached hydrogen (secondary N) is 1. The average molecular weight is 426 g/mol. The quantitative estimate of drug-likeness (QED) is 0.659.